The van der Waals surface area contributed by atoms with Crippen molar-refractivity contribution >= 4 is 0 Å². The summed E-state index contributed by atoms with van der Waals surface area (Å²) in [6.45, 7) is 2.16. The van der Waals surface area contributed by atoms with E-state index < -0.39 is 0 Å². The summed E-state index contributed by atoms with van der Waals surface area (Å²) in [6.07, 6.45) is 4.84. The zero-order chi connectivity index (χ0) is 15.6. The minimum Gasteiger partial charge on any atom is -0.485 e. The molecule has 4 rings (SSSR count). The number of likely N-dealkylation sites (tertiary alicyclic amines) is 1. The van der Waals surface area contributed by atoms with Gasteiger partial charge in [0.15, 0.2) is 17.4 Å². The lowest BCUT2D eigenvalue weighted by atomic mass is 10.1. The lowest BCUT2D eigenvalue weighted by Crippen LogP contribution is -2.53. The van der Waals surface area contributed by atoms with Crippen LogP contribution in [0.4, 0.5) is 4.39 Å². The summed E-state index contributed by atoms with van der Waals surface area (Å²) in [4.78, 5) is 6.69. The second-order valence-electron chi connectivity index (χ2n) is 6.39. The molecule has 6 heteroatoms. The predicted molar refractivity (Wildman–Crippen MR) is 81.6 cm³/mol. The summed E-state index contributed by atoms with van der Waals surface area (Å²) in [5.41, 5.74) is 0. The SMILES string of the molecule is Fc1ccccc1OC1CN(Cc2noc(C3CCCC3)n2)C1. The molecule has 1 aromatic heterocycles. The molecule has 1 saturated carbocycles. The summed E-state index contributed by atoms with van der Waals surface area (Å²) in [6, 6.07) is 6.51. The van der Waals surface area contributed by atoms with E-state index in [0.29, 0.717) is 18.2 Å². The van der Waals surface area contributed by atoms with E-state index in [9.17, 15) is 4.39 Å². The summed E-state index contributed by atoms with van der Waals surface area (Å²) in [7, 11) is 0. The van der Waals surface area contributed by atoms with Crippen LogP contribution in [0.1, 0.15) is 43.3 Å². The molecule has 0 N–H and O–H groups in total. The van der Waals surface area contributed by atoms with Crippen molar-refractivity contribution in [3.63, 3.8) is 0 Å². The van der Waals surface area contributed by atoms with Gasteiger partial charge in [0, 0.05) is 19.0 Å². The maximum Gasteiger partial charge on any atom is 0.229 e. The van der Waals surface area contributed by atoms with Crippen LogP contribution in [0, 0.1) is 5.82 Å². The van der Waals surface area contributed by atoms with E-state index in [1.165, 1.54) is 18.9 Å². The van der Waals surface area contributed by atoms with Gasteiger partial charge in [0.2, 0.25) is 5.89 Å². The third-order valence-electron chi connectivity index (χ3n) is 4.61. The number of rotatable bonds is 5. The highest BCUT2D eigenvalue weighted by Gasteiger charge is 2.31. The Morgan fingerprint density at radius 2 is 2.00 bits per heavy atom. The van der Waals surface area contributed by atoms with Gasteiger partial charge in [-0.2, -0.15) is 4.98 Å². The average Bonchev–Trinajstić information content (AvgIpc) is 3.17. The highest BCUT2D eigenvalue weighted by molar-refractivity contribution is 5.24. The van der Waals surface area contributed by atoms with Gasteiger partial charge >= 0.3 is 0 Å². The molecule has 2 heterocycles. The molecule has 0 radical (unpaired) electrons. The molecule has 1 saturated heterocycles. The summed E-state index contributed by atoms with van der Waals surface area (Å²) in [5.74, 6) is 1.98. The van der Waals surface area contributed by atoms with Crippen LogP contribution in [0.15, 0.2) is 28.8 Å². The number of hydrogen-bond donors (Lipinski definition) is 0. The van der Waals surface area contributed by atoms with Crippen LogP contribution in [0.3, 0.4) is 0 Å². The molecule has 0 amide bonds. The molecule has 1 aromatic carbocycles. The Balaban J connectivity index is 1.27. The smallest absolute Gasteiger partial charge is 0.229 e. The molecule has 23 heavy (non-hydrogen) atoms. The molecule has 0 atom stereocenters. The number of para-hydroxylation sites is 1. The summed E-state index contributed by atoms with van der Waals surface area (Å²) < 4.78 is 24.6. The van der Waals surface area contributed by atoms with E-state index in [-0.39, 0.29) is 11.9 Å². The van der Waals surface area contributed by atoms with Crippen molar-refractivity contribution in [2.24, 2.45) is 0 Å². The fraction of sp³-hybridized carbons (Fsp3) is 0.529. The van der Waals surface area contributed by atoms with Gasteiger partial charge in [0.25, 0.3) is 0 Å². The van der Waals surface area contributed by atoms with Crippen molar-refractivity contribution in [2.75, 3.05) is 13.1 Å². The third-order valence-corrected chi connectivity index (χ3v) is 4.61. The number of hydrogen-bond acceptors (Lipinski definition) is 5. The highest BCUT2D eigenvalue weighted by atomic mass is 19.1. The van der Waals surface area contributed by atoms with Gasteiger partial charge in [-0.15, -0.1) is 0 Å². The topological polar surface area (TPSA) is 51.4 Å². The van der Waals surface area contributed by atoms with Crippen molar-refractivity contribution < 1.29 is 13.7 Å². The lowest BCUT2D eigenvalue weighted by molar-refractivity contribution is 0.0104. The molecular formula is C17H20FN3O2. The number of ether oxygens (including phenoxy) is 1. The summed E-state index contributed by atoms with van der Waals surface area (Å²) >= 11 is 0. The Morgan fingerprint density at radius 1 is 1.22 bits per heavy atom. The molecule has 2 aromatic rings. The fourth-order valence-corrected chi connectivity index (χ4v) is 3.32. The van der Waals surface area contributed by atoms with Gasteiger partial charge in [-0.1, -0.05) is 30.1 Å². The maximum atomic E-state index is 13.5. The fourth-order valence-electron chi connectivity index (χ4n) is 3.32. The van der Waals surface area contributed by atoms with Crippen molar-refractivity contribution in [2.45, 2.75) is 44.2 Å². The second kappa shape index (κ2) is 6.28. The zero-order valence-electron chi connectivity index (χ0n) is 12.9. The van der Waals surface area contributed by atoms with Crippen LogP contribution >= 0.6 is 0 Å². The predicted octanol–water partition coefficient (Wildman–Crippen LogP) is 3.13. The molecule has 5 nitrogen and oxygen atoms in total. The van der Waals surface area contributed by atoms with E-state index in [0.717, 1.165) is 37.6 Å². The van der Waals surface area contributed by atoms with Crippen molar-refractivity contribution in [3.05, 3.63) is 41.8 Å². The van der Waals surface area contributed by atoms with Crippen LogP contribution in [-0.2, 0) is 6.54 Å². The van der Waals surface area contributed by atoms with Gasteiger partial charge in [0.1, 0.15) is 6.10 Å². The molecule has 0 spiro atoms. The molecule has 2 fully saturated rings. The largest absolute Gasteiger partial charge is 0.485 e. The third kappa shape index (κ3) is 3.22. The molecule has 1 aliphatic carbocycles. The number of aromatic nitrogens is 2. The van der Waals surface area contributed by atoms with Crippen LogP contribution in [-0.4, -0.2) is 34.2 Å². The van der Waals surface area contributed by atoms with Crippen LogP contribution in [0.5, 0.6) is 5.75 Å². The first-order valence-electron chi connectivity index (χ1n) is 8.24. The van der Waals surface area contributed by atoms with Crippen LogP contribution < -0.4 is 4.74 Å². The van der Waals surface area contributed by atoms with Gasteiger partial charge < -0.3 is 9.26 Å². The first-order valence-corrected chi connectivity index (χ1v) is 8.24. The van der Waals surface area contributed by atoms with E-state index >= 15 is 0 Å². The second-order valence-corrected chi connectivity index (χ2v) is 6.39. The Morgan fingerprint density at radius 3 is 2.78 bits per heavy atom. The van der Waals surface area contributed by atoms with Crippen molar-refractivity contribution in [1.82, 2.24) is 15.0 Å². The molecule has 0 unspecified atom stereocenters. The number of nitrogens with zero attached hydrogens (tertiary/aromatic N) is 3. The Kier molecular flexibility index (Phi) is 3.99. The zero-order valence-corrected chi connectivity index (χ0v) is 12.9. The van der Waals surface area contributed by atoms with E-state index in [1.807, 2.05) is 0 Å². The molecule has 2 aliphatic rings. The molecule has 1 aliphatic heterocycles. The van der Waals surface area contributed by atoms with Gasteiger partial charge in [-0.05, 0) is 25.0 Å². The lowest BCUT2D eigenvalue weighted by Gasteiger charge is -2.38. The minimum absolute atomic E-state index is 0.0214. The van der Waals surface area contributed by atoms with Gasteiger partial charge in [-0.3, -0.25) is 4.90 Å². The monoisotopic (exact) mass is 317 g/mol. The Labute approximate surface area is 134 Å². The first kappa shape index (κ1) is 14.6. The minimum atomic E-state index is -0.315. The van der Waals surface area contributed by atoms with Gasteiger partial charge in [-0.25, -0.2) is 4.39 Å². The molecule has 122 valence electrons. The average molecular weight is 317 g/mol. The summed E-state index contributed by atoms with van der Waals surface area (Å²) in [5, 5.41) is 4.08. The van der Waals surface area contributed by atoms with E-state index in [4.69, 9.17) is 9.26 Å². The van der Waals surface area contributed by atoms with E-state index in [1.54, 1.807) is 18.2 Å². The van der Waals surface area contributed by atoms with Crippen LogP contribution in [0.2, 0.25) is 0 Å². The van der Waals surface area contributed by atoms with E-state index in [2.05, 4.69) is 15.0 Å². The normalized spacial score (nSPS) is 19.9. The Hall–Kier alpha value is -1.95. The molecular weight excluding hydrogens is 297 g/mol. The number of benzene rings is 1. The van der Waals surface area contributed by atoms with Gasteiger partial charge in [0.05, 0.1) is 6.54 Å². The quantitative estimate of drug-likeness (QED) is 0.848. The van der Waals surface area contributed by atoms with Crippen molar-refractivity contribution in [3.8, 4) is 5.75 Å². The molecule has 0 bridgehead atoms. The maximum absolute atomic E-state index is 13.5. The first-order chi connectivity index (χ1) is 11.3. The number of halogens is 1. The highest BCUT2D eigenvalue weighted by Crippen LogP contribution is 2.33. The van der Waals surface area contributed by atoms with Crippen molar-refractivity contribution in [1.29, 1.82) is 0 Å². The van der Waals surface area contributed by atoms with Crippen LogP contribution in [0.25, 0.3) is 0 Å². The Bertz CT molecular complexity index is 663. The standard InChI is InChI=1S/C17H20FN3O2/c18-14-7-3-4-8-15(14)22-13-9-21(10-13)11-16-19-17(23-20-16)12-5-1-2-6-12/h3-4,7-8,12-13H,1-2,5-6,9-11H2.